The van der Waals surface area contributed by atoms with Gasteiger partial charge in [-0.15, -0.1) is 0 Å². The van der Waals surface area contributed by atoms with E-state index in [0.29, 0.717) is 32.2 Å². The second-order valence-electron chi connectivity index (χ2n) is 5.89. The van der Waals surface area contributed by atoms with Crippen LogP contribution < -0.4 is 0 Å². The van der Waals surface area contributed by atoms with Crippen LogP contribution in [0.1, 0.15) is 34.7 Å². The number of hydrogen-bond acceptors (Lipinski definition) is 5. The van der Waals surface area contributed by atoms with E-state index in [1.54, 1.807) is 0 Å². The van der Waals surface area contributed by atoms with Crippen LogP contribution in [0.15, 0.2) is 9.31 Å². The Labute approximate surface area is 129 Å². The minimum Gasteiger partial charge on any atom is -0.478 e. The average Bonchev–Trinajstić information content (AvgIpc) is 3.23. The van der Waals surface area contributed by atoms with Crippen molar-refractivity contribution in [3.63, 3.8) is 0 Å². The summed E-state index contributed by atoms with van der Waals surface area (Å²) in [4.78, 5) is 13.5. The number of carboxylic acid groups (broad SMARTS) is 1. The van der Waals surface area contributed by atoms with E-state index in [2.05, 4.69) is 4.90 Å². The Morgan fingerprint density at radius 3 is 2.23 bits per heavy atom. The Bertz CT molecular complexity index is 697. The zero-order valence-corrected chi connectivity index (χ0v) is 13.5. The van der Waals surface area contributed by atoms with Crippen LogP contribution in [0, 0.1) is 13.8 Å². The van der Waals surface area contributed by atoms with Gasteiger partial charge in [0.05, 0.1) is 0 Å². The highest BCUT2D eigenvalue weighted by Crippen LogP contribution is 2.32. The number of piperazine rings is 1. The highest BCUT2D eigenvalue weighted by atomic mass is 32.2. The Hall–Kier alpha value is -1.38. The molecular formula is C14H20N2O5S. The summed E-state index contributed by atoms with van der Waals surface area (Å²) in [5.41, 5.74) is -0.248. The summed E-state index contributed by atoms with van der Waals surface area (Å²) in [5, 5.41) is 9.29. The molecule has 8 heteroatoms. The van der Waals surface area contributed by atoms with Gasteiger partial charge in [-0.3, -0.25) is 4.90 Å². The lowest BCUT2D eigenvalue weighted by molar-refractivity contribution is 0.0691. The van der Waals surface area contributed by atoms with Crippen molar-refractivity contribution in [1.82, 2.24) is 9.21 Å². The Morgan fingerprint density at radius 1 is 1.14 bits per heavy atom. The zero-order chi connectivity index (χ0) is 16.1. The third-order valence-electron chi connectivity index (χ3n) is 4.35. The van der Waals surface area contributed by atoms with Crippen LogP contribution in [0.5, 0.6) is 0 Å². The van der Waals surface area contributed by atoms with E-state index < -0.39 is 16.0 Å². The summed E-state index contributed by atoms with van der Waals surface area (Å²) >= 11 is 0. The van der Waals surface area contributed by atoms with Gasteiger partial charge in [-0.05, 0) is 26.7 Å². The van der Waals surface area contributed by atoms with E-state index >= 15 is 0 Å². The number of carboxylic acids is 1. The number of hydrogen-bond donors (Lipinski definition) is 1. The first-order chi connectivity index (χ1) is 10.3. The number of aromatic carboxylic acids is 1. The van der Waals surface area contributed by atoms with Crippen molar-refractivity contribution in [2.75, 3.05) is 26.2 Å². The molecule has 3 rings (SSSR count). The molecule has 1 aromatic heterocycles. The zero-order valence-electron chi connectivity index (χ0n) is 12.7. The molecule has 1 aliphatic carbocycles. The van der Waals surface area contributed by atoms with Crippen molar-refractivity contribution in [2.45, 2.75) is 37.6 Å². The summed E-state index contributed by atoms with van der Waals surface area (Å²) in [7, 11) is -3.84. The highest BCUT2D eigenvalue weighted by molar-refractivity contribution is 7.89. The molecule has 7 nitrogen and oxygen atoms in total. The largest absolute Gasteiger partial charge is 0.478 e. The van der Waals surface area contributed by atoms with Gasteiger partial charge in [0.1, 0.15) is 22.0 Å². The van der Waals surface area contributed by atoms with Crippen molar-refractivity contribution < 1.29 is 22.7 Å². The summed E-state index contributed by atoms with van der Waals surface area (Å²) in [6.07, 6.45) is 2.38. The predicted molar refractivity (Wildman–Crippen MR) is 78.5 cm³/mol. The summed E-state index contributed by atoms with van der Waals surface area (Å²) in [6.45, 7) is 5.14. The topological polar surface area (TPSA) is 91.1 Å². The van der Waals surface area contributed by atoms with E-state index in [1.807, 2.05) is 0 Å². The molecule has 0 amide bonds. The number of sulfonamides is 1. The maximum absolute atomic E-state index is 12.8. The molecular weight excluding hydrogens is 308 g/mol. The quantitative estimate of drug-likeness (QED) is 0.889. The number of aryl methyl sites for hydroxylation is 2. The van der Waals surface area contributed by atoms with Crippen LogP contribution in [0.2, 0.25) is 0 Å². The fraction of sp³-hybridized carbons (Fsp3) is 0.643. The average molecular weight is 328 g/mol. The van der Waals surface area contributed by atoms with Crippen LogP contribution in [0.4, 0.5) is 0 Å². The Morgan fingerprint density at radius 2 is 1.73 bits per heavy atom. The maximum Gasteiger partial charge on any atom is 0.340 e. The van der Waals surface area contributed by atoms with Crippen LogP contribution in [0.3, 0.4) is 0 Å². The van der Waals surface area contributed by atoms with E-state index in [0.717, 1.165) is 0 Å². The molecule has 2 heterocycles. The molecule has 1 saturated carbocycles. The molecule has 1 aliphatic heterocycles. The van der Waals surface area contributed by atoms with Crippen molar-refractivity contribution in [3.8, 4) is 0 Å². The van der Waals surface area contributed by atoms with Gasteiger partial charge in [0.2, 0.25) is 10.0 Å². The number of nitrogens with zero attached hydrogens (tertiary/aromatic N) is 2. The molecule has 2 fully saturated rings. The molecule has 0 unspecified atom stereocenters. The molecule has 0 radical (unpaired) electrons. The van der Waals surface area contributed by atoms with Gasteiger partial charge in [0.15, 0.2) is 0 Å². The van der Waals surface area contributed by atoms with E-state index in [1.165, 1.54) is 31.0 Å². The monoisotopic (exact) mass is 328 g/mol. The smallest absolute Gasteiger partial charge is 0.340 e. The lowest BCUT2D eigenvalue weighted by Gasteiger charge is -2.34. The second kappa shape index (κ2) is 5.36. The van der Waals surface area contributed by atoms with Gasteiger partial charge < -0.3 is 9.52 Å². The first-order valence-corrected chi connectivity index (χ1v) is 8.84. The van der Waals surface area contributed by atoms with Crippen LogP contribution in [-0.2, 0) is 10.0 Å². The summed E-state index contributed by atoms with van der Waals surface area (Å²) in [6, 6.07) is 0.609. The normalized spacial score (nSPS) is 21.2. The molecule has 0 bridgehead atoms. The molecule has 122 valence electrons. The van der Waals surface area contributed by atoms with Crippen LogP contribution in [0.25, 0.3) is 0 Å². The van der Waals surface area contributed by atoms with Gasteiger partial charge in [0, 0.05) is 32.2 Å². The lowest BCUT2D eigenvalue weighted by atomic mass is 10.2. The molecule has 22 heavy (non-hydrogen) atoms. The van der Waals surface area contributed by atoms with Gasteiger partial charge in [0.25, 0.3) is 0 Å². The molecule has 1 N–H and O–H groups in total. The van der Waals surface area contributed by atoms with Crippen LogP contribution in [-0.4, -0.2) is 60.9 Å². The maximum atomic E-state index is 12.8. The first-order valence-electron chi connectivity index (χ1n) is 7.40. The van der Waals surface area contributed by atoms with Gasteiger partial charge >= 0.3 is 5.97 Å². The lowest BCUT2D eigenvalue weighted by Crippen LogP contribution is -2.49. The number of carbonyl (C=O) groups is 1. The highest BCUT2D eigenvalue weighted by Gasteiger charge is 2.38. The van der Waals surface area contributed by atoms with Crippen molar-refractivity contribution in [1.29, 1.82) is 0 Å². The fourth-order valence-electron chi connectivity index (χ4n) is 3.10. The molecule has 2 aliphatic rings. The molecule has 0 aromatic carbocycles. The minimum absolute atomic E-state index is 0.125. The second-order valence-corrected chi connectivity index (χ2v) is 7.77. The summed E-state index contributed by atoms with van der Waals surface area (Å²) < 4.78 is 32.3. The number of furan rings is 1. The third kappa shape index (κ3) is 2.55. The first kappa shape index (κ1) is 15.5. The Balaban J connectivity index is 1.89. The van der Waals surface area contributed by atoms with E-state index in [4.69, 9.17) is 4.42 Å². The van der Waals surface area contributed by atoms with Crippen LogP contribution >= 0.6 is 0 Å². The van der Waals surface area contributed by atoms with Gasteiger partial charge in [-0.25, -0.2) is 13.2 Å². The Kier molecular flexibility index (Phi) is 3.78. The predicted octanol–water partition coefficient (Wildman–Crippen LogP) is 1.06. The van der Waals surface area contributed by atoms with Gasteiger partial charge in [-0.2, -0.15) is 4.31 Å². The molecule has 0 spiro atoms. The third-order valence-corrected chi connectivity index (χ3v) is 6.41. The van der Waals surface area contributed by atoms with E-state index in [9.17, 15) is 18.3 Å². The van der Waals surface area contributed by atoms with Crippen molar-refractivity contribution >= 4 is 16.0 Å². The summed E-state index contributed by atoms with van der Waals surface area (Å²) in [5.74, 6) is -1.01. The number of rotatable bonds is 4. The molecule has 1 aromatic rings. The molecule has 0 atom stereocenters. The van der Waals surface area contributed by atoms with Gasteiger partial charge in [-0.1, -0.05) is 0 Å². The fourth-order valence-corrected chi connectivity index (χ4v) is 4.90. The van der Waals surface area contributed by atoms with Crippen molar-refractivity contribution in [3.05, 3.63) is 17.1 Å². The molecule has 1 saturated heterocycles. The SMILES string of the molecule is Cc1oc(C)c(S(=O)(=O)N2CCN(C3CC3)CC2)c1C(=O)O. The van der Waals surface area contributed by atoms with E-state index in [-0.39, 0.29) is 22.0 Å². The standard InChI is InChI=1S/C14H20N2O5S/c1-9-12(14(17)18)13(10(2)21-9)22(19,20)16-7-5-15(6-8-16)11-3-4-11/h11H,3-8H2,1-2H3,(H,17,18). The minimum atomic E-state index is -3.84. The van der Waals surface area contributed by atoms with Crippen molar-refractivity contribution in [2.24, 2.45) is 0 Å².